The predicted molar refractivity (Wildman–Crippen MR) is 114 cm³/mol. The number of aromatic carboxylic acids is 1. The molecule has 0 bridgehead atoms. The quantitative estimate of drug-likeness (QED) is 0.838. The summed E-state index contributed by atoms with van der Waals surface area (Å²) in [7, 11) is 0. The van der Waals surface area contributed by atoms with Crippen LogP contribution in [0.2, 0.25) is 0 Å². The summed E-state index contributed by atoms with van der Waals surface area (Å²) in [5.41, 5.74) is 2.98. The highest BCUT2D eigenvalue weighted by atomic mass is 16.4. The van der Waals surface area contributed by atoms with Gasteiger partial charge in [-0.2, -0.15) is 0 Å². The summed E-state index contributed by atoms with van der Waals surface area (Å²) < 4.78 is 0. The SMILES string of the molecule is O=C(O)c1ccccc1C(=O)N1CCN(c2ccc(C3CCCCC3)cc2)CC1. The highest BCUT2D eigenvalue weighted by molar-refractivity contribution is 6.04. The normalized spacial score (nSPS) is 17.9. The van der Waals surface area contributed by atoms with Crippen LogP contribution in [0, 0.1) is 0 Å². The number of carboxylic acid groups (broad SMARTS) is 1. The number of anilines is 1. The zero-order valence-corrected chi connectivity index (χ0v) is 16.7. The van der Waals surface area contributed by atoms with E-state index in [0.29, 0.717) is 19.0 Å². The Kier molecular flexibility index (Phi) is 5.84. The van der Waals surface area contributed by atoms with Crippen molar-refractivity contribution in [3.63, 3.8) is 0 Å². The van der Waals surface area contributed by atoms with Crippen molar-refractivity contribution in [1.29, 1.82) is 0 Å². The zero-order valence-electron chi connectivity index (χ0n) is 16.7. The number of carboxylic acids is 1. The van der Waals surface area contributed by atoms with Gasteiger partial charge in [0.05, 0.1) is 11.1 Å². The Morgan fingerprint density at radius 3 is 2.03 bits per heavy atom. The average Bonchev–Trinajstić information content (AvgIpc) is 2.79. The van der Waals surface area contributed by atoms with E-state index in [2.05, 4.69) is 29.2 Å². The van der Waals surface area contributed by atoms with Crippen LogP contribution in [-0.2, 0) is 0 Å². The summed E-state index contributed by atoms with van der Waals surface area (Å²) in [6, 6.07) is 15.4. The van der Waals surface area contributed by atoms with Crippen LogP contribution >= 0.6 is 0 Å². The van der Waals surface area contributed by atoms with Gasteiger partial charge in [-0.05, 0) is 48.6 Å². The van der Waals surface area contributed by atoms with Crippen molar-refractivity contribution in [1.82, 2.24) is 4.90 Å². The van der Waals surface area contributed by atoms with Crippen LogP contribution in [0.5, 0.6) is 0 Å². The van der Waals surface area contributed by atoms with Gasteiger partial charge in [-0.25, -0.2) is 4.79 Å². The Hall–Kier alpha value is -2.82. The molecule has 2 aliphatic rings. The number of carbonyl (C=O) groups is 2. The van der Waals surface area contributed by atoms with Gasteiger partial charge in [-0.1, -0.05) is 43.5 Å². The van der Waals surface area contributed by atoms with Crippen molar-refractivity contribution >= 4 is 17.6 Å². The Bertz CT molecular complexity index is 864. The lowest BCUT2D eigenvalue weighted by Crippen LogP contribution is -2.49. The molecule has 2 aromatic carbocycles. The molecule has 2 fully saturated rings. The predicted octanol–water partition coefficient (Wildman–Crippen LogP) is 4.39. The lowest BCUT2D eigenvalue weighted by molar-refractivity contribution is 0.0673. The first-order valence-corrected chi connectivity index (χ1v) is 10.6. The lowest BCUT2D eigenvalue weighted by Gasteiger charge is -2.36. The lowest BCUT2D eigenvalue weighted by atomic mass is 9.84. The van der Waals surface area contributed by atoms with Crippen molar-refractivity contribution < 1.29 is 14.7 Å². The second-order valence-electron chi connectivity index (χ2n) is 8.06. The third kappa shape index (κ3) is 4.29. The Morgan fingerprint density at radius 1 is 0.793 bits per heavy atom. The van der Waals surface area contributed by atoms with Crippen LogP contribution in [0.1, 0.15) is 64.3 Å². The monoisotopic (exact) mass is 392 g/mol. The smallest absolute Gasteiger partial charge is 0.336 e. The molecule has 0 unspecified atom stereocenters. The molecule has 152 valence electrons. The van der Waals surface area contributed by atoms with E-state index in [9.17, 15) is 14.7 Å². The number of carbonyl (C=O) groups excluding carboxylic acids is 1. The van der Waals surface area contributed by atoms with Crippen molar-refractivity contribution in [2.24, 2.45) is 0 Å². The Morgan fingerprint density at radius 2 is 1.41 bits per heavy atom. The minimum atomic E-state index is -1.06. The molecule has 5 heteroatoms. The molecule has 0 aromatic heterocycles. The zero-order chi connectivity index (χ0) is 20.2. The number of piperazine rings is 1. The molecule has 4 rings (SSSR count). The van der Waals surface area contributed by atoms with E-state index in [4.69, 9.17) is 0 Å². The number of nitrogens with zero attached hydrogens (tertiary/aromatic N) is 2. The van der Waals surface area contributed by atoms with Gasteiger partial charge in [0, 0.05) is 31.9 Å². The molecule has 5 nitrogen and oxygen atoms in total. The second kappa shape index (κ2) is 8.68. The van der Waals surface area contributed by atoms with Gasteiger partial charge < -0.3 is 14.9 Å². The van der Waals surface area contributed by atoms with E-state index in [1.165, 1.54) is 49.4 Å². The Labute approximate surface area is 171 Å². The van der Waals surface area contributed by atoms with Gasteiger partial charge in [-0.15, -0.1) is 0 Å². The van der Waals surface area contributed by atoms with Crippen molar-refractivity contribution in [3.05, 3.63) is 65.2 Å². The summed E-state index contributed by atoms with van der Waals surface area (Å²) in [6.45, 7) is 2.70. The molecule has 0 spiro atoms. The van der Waals surface area contributed by atoms with Gasteiger partial charge in [0.15, 0.2) is 0 Å². The maximum absolute atomic E-state index is 12.8. The van der Waals surface area contributed by atoms with E-state index in [0.717, 1.165) is 13.1 Å². The van der Waals surface area contributed by atoms with Crippen LogP contribution in [0.15, 0.2) is 48.5 Å². The first-order valence-electron chi connectivity index (χ1n) is 10.6. The van der Waals surface area contributed by atoms with E-state index < -0.39 is 5.97 Å². The fraction of sp³-hybridized carbons (Fsp3) is 0.417. The first kappa shape index (κ1) is 19.5. The van der Waals surface area contributed by atoms with Crippen molar-refractivity contribution in [2.75, 3.05) is 31.1 Å². The first-order chi connectivity index (χ1) is 14.1. The number of benzene rings is 2. The van der Waals surface area contributed by atoms with Crippen LogP contribution in [0.4, 0.5) is 5.69 Å². The molecule has 1 N–H and O–H groups in total. The maximum atomic E-state index is 12.8. The molecule has 0 radical (unpaired) electrons. The van der Waals surface area contributed by atoms with E-state index >= 15 is 0 Å². The number of rotatable bonds is 4. The van der Waals surface area contributed by atoms with Crippen LogP contribution in [0.25, 0.3) is 0 Å². The molecule has 0 atom stereocenters. The van der Waals surface area contributed by atoms with Gasteiger partial charge >= 0.3 is 5.97 Å². The molecule has 1 amide bonds. The molecular formula is C24H28N2O3. The molecule has 29 heavy (non-hydrogen) atoms. The summed E-state index contributed by atoms with van der Waals surface area (Å²) in [5, 5.41) is 9.34. The van der Waals surface area contributed by atoms with E-state index in [-0.39, 0.29) is 17.0 Å². The molecule has 2 aromatic rings. The third-order valence-corrected chi connectivity index (χ3v) is 6.29. The van der Waals surface area contributed by atoms with Gasteiger partial charge in [-0.3, -0.25) is 4.79 Å². The summed E-state index contributed by atoms with van der Waals surface area (Å²) in [5.74, 6) is -0.553. The van der Waals surface area contributed by atoms with Crippen LogP contribution in [0.3, 0.4) is 0 Å². The largest absolute Gasteiger partial charge is 0.478 e. The van der Waals surface area contributed by atoms with E-state index in [1.807, 2.05) is 0 Å². The fourth-order valence-corrected chi connectivity index (χ4v) is 4.59. The summed E-state index contributed by atoms with van der Waals surface area (Å²) in [6.07, 6.45) is 6.66. The fourth-order valence-electron chi connectivity index (χ4n) is 4.59. The highest BCUT2D eigenvalue weighted by Gasteiger charge is 2.25. The molecule has 1 heterocycles. The number of amides is 1. The second-order valence-corrected chi connectivity index (χ2v) is 8.06. The van der Waals surface area contributed by atoms with Crippen LogP contribution in [-0.4, -0.2) is 48.1 Å². The Balaban J connectivity index is 1.38. The minimum Gasteiger partial charge on any atom is -0.478 e. The molecule has 1 saturated heterocycles. The number of hydrogen-bond acceptors (Lipinski definition) is 3. The van der Waals surface area contributed by atoms with Crippen LogP contribution < -0.4 is 4.90 Å². The topological polar surface area (TPSA) is 60.9 Å². The summed E-state index contributed by atoms with van der Waals surface area (Å²) in [4.78, 5) is 28.3. The van der Waals surface area contributed by atoms with Crippen molar-refractivity contribution in [3.8, 4) is 0 Å². The molecule has 1 aliphatic heterocycles. The average molecular weight is 392 g/mol. The van der Waals surface area contributed by atoms with Gasteiger partial charge in [0.1, 0.15) is 0 Å². The van der Waals surface area contributed by atoms with Gasteiger partial charge in [0.2, 0.25) is 0 Å². The van der Waals surface area contributed by atoms with Crippen molar-refractivity contribution in [2.45, 2.75) is 38.0 Å². The standard InChI is InChI=1S/C24H28N2O3/c27-23(21-8-4-5-9-22(21)24(28)29)26-16-14-25(15-17-26)20-12-10-19(11-13-20)18-6-2-1-3-7-18/h4-5,8-13,18H,1-3,6-7,14-17H2,(H,28,29). The highest BCUT2D eigenvalue weighted by Crippen LogP contribution is 2.33. The molecular weight excluding hydrogens is 364 g/mol. The molecule has 1 aliphatic carbocycles. The summed E-state index contributed by atoms with van der Waals surface area (Å²) >= 11 is 0. The third-order valence-electron chi connectivity index (χ3n) is 6.29. The molecule has 1 saturated carbocycles. The van der Waals surface area contributed by atoms with E-state index in [1.54, 1.807) is 23.1 Å². The maximum Gasteiger partial charge on any atom is 0.336 e. The minimum absolute atomic E-state index is 0.0678. The van der Waals surface area contributed by atoms with Gasteiger partial charge in [0.25, 0.3) is 5.91 Å². The number of hydrogen-bond donors (Lipinski definition) is 1.